The van der Waals surface area contributed by atoms with Crippen molar-refractivity contribution in [2.45, 2.75) is 45.6 Å². The van der Waals surface area contributed by atoms with Crippen LogP contribution in [-0.4, -0.2) is 49.1 Å². The highest BCUT2D eigenvalue weighted by atomic mass is 16.5. The van der Waals surface area contributed by atoms with Gasteiger partial charge in [-0.3, -0.25) is 9.59 Å². The van der Waals surface area contributed by atoms with Crippen LogP contribution in [-0.2, 0) is 14.3 Å². The van der Waals surface area contributed by atoms with Crippen molar-refractivity contribution >= 4 is 11.8 Å². The molecule has 0 aromatic heterocycles. The van der Waals surface area contributed by atoms with Crippen molar-refractivity contribution in [2.24, 2.45) is 5.41 Å². The predicted molar refractivity (Wildman–Crippen MR) is 71.6 cm³/mol. The van der Waals surface area contributed by atoms with Crippen molar-refractivity contribution in [3.63, 3.8) is 0 Å². The van der Waals surface area contributed by atoms with Crippen LogP contribution < -0.4 is 5.32 Å². The van der Waals surface area contributed by atoms with Crippen LogP contribution in [0.2, 0.25) is 0 Å². The summed E-state index contributed by atoms with van der Waals surface area (Å²) in [5.74, 6) is 0.0564. The van der Waals surface area contributed by atoms with Crippen LogP contribution in [0.5, 0.6) is 0 Å². The third kappa shape index (κ3) is 3.47. The fourth-order valence-corrected chi connectivity index (χ4v) is 2.81. The highest BCUT2D eigenvalue weighted by Gasteiger charge is 2.35. The minimum Gasteiger partial charge on any atom is -0.381 e. The van der Waals surface area contributed by atoms with Gasteiger partial charge in [-0.15, -0.1) is 0 Å². The molecular formula is C14H24N2O3. The second-order valence-electron chi connectivity index (χ2n) is 5.96. The molecule has 0 aromatic carbocycles. The fourth-order valence-electron chi connectivity index (χ4n) is 2.81. The third-order valence-electron chi connectivity index (χ3n) is 4.23. The lowest BCUT2D eigenvalue weighted by Crippen LogP contribution is -2.48. The molecule has 19 heavy (non-hydrogen) atoms. The largest absolute Gasteiger partial charge is 0.381 e. The van der Waals surface area contributed by atoms with Gasteiger partial charge in [0.1, 0.15) is 6.04 Å². The summed E-state index contributed by atoms with van der Waals surface area (Å²) in [6, 6.07) is -0.349. The van der Waals surface area contributed by atoms with Gasteiger partial charge in [-0.2, -0.15) is 0 Å². The minimum atomic E-state index is -0.349. The molecule has 0 bridgehead atoms. The van der Waals surface area contributed by atoms with Gasteiger partial charge >= 0.3 is 0 Å². The van der Waals surface area contributed by atoms with Crippen LogP contribution in [0.1, 0.15) is 39.5 Å². The number of rotatable bonds is 3. The van der Waals surface area contributed by atoms with E-state index in [2.05, 4.69) is 12.2 Å². The second-order valence-corrected chi connectivity index (χ2v) is 5.96. The number of amides is 2. The minimum absolute atomic E-state index is 0.0140. The average Bonchev–Trinajstić information content (AvgIpc) is 2.52. The first kappa shape index (κ1) is 14.3. The molecular weight excluding hydrogens is 244 g/mol. The van der Waals surface area contributed by atoms with E-state index in [1.165, 1.54) is 0 Å². The Labute approximate surface area is 114 Å². The van der Waals surface area contributed by atoms with Gasteiger partial charge in [-0.1, -0.05) is 13.8 Å². The molecule has 0 aromatic rings. The first-order valence-electron chi connectivity index (χ1n) is 7.20. The van der Waals surface area contributed by atoms with Gasteiger partial charge in [-0.05, 0) is 24.7 Å². The van der Waals surface area contributed by atoms with E-state index in [1.54, 1.807) is 0 Å². The van der Waals surface area contributed by atoms with Gasteiger partial charge < -0.3 is 15.0 Å². The lowest BCUT2D eigenvalue weighted by Gasteiger charge is -2.38. The quantitative estimate of drug-likeness (QED) is 0.828. The number of carbonyl (C=O) groups is 2. The van der Waals surface area contributed by atoms with Crippen LogP contribution in [0.3, 0.4) is 0 Å². The van der Waals surface area contributed by atoms with E-state index >= 15 is 0 Å². The number of nitrogens with zero attached hydrogens (tertiary/aromatic N) is 1. The molecule has 1 N–H and O–H groups in total. The lowest BCUT2D eigenvalue weighted by molar-refractivity contribution is -0.135. The van der Waals surface area contributed by atoms with E-state index < -0.39 is 0 Å². The summed E-state index contributed by atoms with van der Waals surface area (Å²) in [5, 5.41) is 2.80. The molecule has 1 unspecified atom stereocenters. The highest BCUT2D eigenvalue weighted by Crippen LogP contribution is 2.31. The van der Waals surface area contributed by atoms with Crippen molar-refractivity contribution in [1.29, 1.82) is 0 Å². The molecule has 2 rings (SSSR count). The van der Waals surface area contributed by atoms with Crippen LogP contribution in [0.25, 0.3) is 0 Å². The first-order chi connectivity index (χ1) is 9.04. The van der Waals surface area contributed by atoms with E-state index in [1.807, 2.05) is 11.8 Å². The molecule has 0 spiro atoms. The van der Waals surface area contributed by atoms with Crippen LogP contribution >= 0.6 is 0 Å². The zero-order chi connectivity index (χ0) is 13.9. The molecule has 2 saturated heterocycles. The number of nitrogens with one attached hydrogen (secondary N) is 1. The lowest BCUT2D eigenvalue weighted by atomic mass is 9.81. The zero-order valence-corrected chi connectivity index (χ0v) is 11.9. The third-order valence-corrected chi connectivity index (χ3v) is 4.23. The van der Waals surface area contributed by atoms with E-state index in [-0.39, 0.29) is 23.3 Å². The highest BCUT2D eigenvalue weighted by molar-refractivity contribution is 5.89. The summed E-state index contributed by atoms with van der Waals surface area (Å²) in [6.45, 7) is 6.96. The summed E-state index contributed by atoms with van der Waals surface area (Å²) in [7, 11) is 0. The topological polar surface area (TPSA) is 58.6 Å². The van der Waals surface area contributed by atoms with Crippen LogP contribution in [0.4, 0.5) is 0 Å². The monoisotopic (exact) mass is 268 g/mol. The Morgan fingerprint density at radius 1 is 1.37 bits per heavy atom. The van der Waals surface area contributed by atoms with Crippen molar-refractivity contribution in [3.8, 4) is 0 Å². The van der Waals surface area contributed by atoms with E-state index in [0.717, 1.165) is 32.6 Å². The predicted octanol–water partition coefficient (Wildman–Crippen LogP) is 0.930. The molecule has 0 radical (unpaired) electrons. The maximum Gasteiger partial charge on any atom is 0.245 e. The Bertz CT molecular complexity index is 351. The Balaban J connectivity index is 2.04. The number of hydrogen-bond acceptors (Lipinski definition) is 3. The summed E-state index contributed by atoms with van der Waals surface area (Å²) >= 11 is 0. The Morgan fingerprint density at radius 2 is 2.05 bits per heavy atom. The molecule has 2 aliphatic heterocycles. The standard InChI is InChI=1S/C14H24N2O3/c1-3-11-13(18)16(7-4-12(17)15-11)10-14(2)5-8-19-9-6-14/h11H,3-10H2,1-2H3,(H,15,17). The zero-order valence-electron chi connectivity index (χ0n) is 11.9. The maximum atomic E-state index is 12.4. The van der Waals surface area contributed by atoms with Gasteiger partial charge in [0.15, 0.2) is 0 Å². The molecule has 0 saturated carbocycles. The van der Waals surface area contributed by atoms with E-state index in [0.29, 0.717) is 19.4 Å². The van der Waals surface area contributed by atoms with E-state index in [9.17, 15) is 9.59 Å². The van der Waals surface area contributed by atoms with Crippen molar-refractivity contribution in [1.82, 2.24) is 10.2 Å². The normalized spacial score (nSPS) is 27.9. The molecule has 5 heteroatoms. The average molecular weight is 268 g/mol. The molecule has 0 aliphatic carbocycles. The van der Waals surface area contributed by atoms with Crippen LogP contribution in [0.15, 0.2) is 0 Å². The van der Waals surface area contributed by atoms with Crippen LogP contribution in [0, 0.1) is 5.41 Å². The van der Waals surface area contributed by atoms with Gasteiger partial charge in [-0.25, -0.2) is 0 Å². The molecule has 108 valence electrons. The van der Waals surface area contributed by atoms with Crippen molar-refractivity contribution < 1.29 is 14.3 Å². The van der Waals surface area contributed by atoms with Gasteiger partial charge in [0.2, 0.25) is 11.8 Å². The number of ether oxygens (including phenoxy) is 1. The Kier molecular flexibility index (Phi) is 4.45. The SMILES string of the molecule is CCC1NC(=O)CCN(CC2(C)CCOCC2)C1=O. The molecule has 2 amide bonds. The van der Waals surface area contributed by atoms with Crippen molar-refractivity contribution in [3.05, 3.63) is 0 Å². The molecule has 2 heterocycles. The van der Waals surface area contributed by atoms with Gasteiger partial charge in [0.25, 0.3) is 0 Å². The Morgan fingerprint density at radius 3 is 2.68 bits per heavy atom. The number of hydrogen-bond donors (Lipinski definition) is 1. The second kappa shape index (κ2) is 5.90. The summed E-state index contributed by atoms with van der Waals surface area (Å²) < 4.78 is 5.40. The van der Waals surface area contributed by atoms with E-state index in [4.69, 9.17) is 4.74 Å². The number of carbonyl (C=O) groups excluding carboxylic acids is 2. The molecule has 5 nitrogen and oxygen atoms in total. The molecule has 1 atom stereocenters. The fraction of sp³-hybridized carbons (Fsp3) is 0.857. The summed E-state index contributed by atoms with van der Waals surface area (Å²) in [5.41, 5.74) is 0.125. The maximum absolute atomic E-state index is 12.4. The van der Waals surface area contributed by atoms with Crippen molar-refractivity contribution in [2.75, 3.05) is 26.3 Å². The molecule has 2 fully saturated rings. The van der Waals surface area contributed by atoms with Gasteiger partial charge in [0, 0.05) is 32.7 Å². The summed E-state index contributed by atoms with van der Waals surface area (Å²) in [4.78, 5) is 25.9. The summed E-state index contributed by atoms with van der Waals surface area (Å²) in [6.07, 6.45) is 3.03. The first-order valence-corrected chi connectivity index (χ1v) is 7.20. The Hall–Kier alpha value is -1.10. The smallest absolute Gasteiger partial charge is 0.245 e. The molecule has 2 aliphatic rings. The van der Waals surface area contributed by atoms with Gasteiger partial charge in [0.05, 0.1) is 0 Å².